The molecule has 8 heteroatoms. The fourth-order valence-electron chi connectivity index (χ4n) is 1.43. The van der Waals surface area contributed by atoms with E-state index in [0.29, 0.717) is 10.0 Å². The molecule has 0 saturated heterocycles. The van der Waals surface area contributed by atoms with Crippen LogP contribution in [0.1, 0.15) is 5.56 Å². The normalized spacial score (nSPS) is 10.8. The van der Waals surface area contributed by atoms with Crippen molar-refractivity contribution in [1.29, 1.82) is 5.26 Å². The van der Waals surface area contributed by atoms with Crippen LogP contribution in [0, 0.1) is 17.1 Å². The average molecular weight is 356 g/mol. The van der Waals surface area contributed by atoms with Gasteiger partial charge in [-0.15, -0.1) is 0 Å². The van der Waals surface area contributed by atoms with Crippen molar-refractivity contribution >= 4 is 31.6 Å². The van der Waals surface area contributed by atoms with Crippen molar-refractivity contribution in [3.8, 4) is 6.07 Å². The van der Waals surface area contributed by atoms with E-state index in [4.69, 9.17) is 5.26 Å². The lowest BCUT2D eigenvalue weighted by molar-refractivity contribution is 0.557. The Kier molecular flexibility index (Phi) is 4.01. The van der Waals surface area contributed by atoms with E-state index in [1.807, 2.05) is 6.07 Å². The van der Waals surface area contributed by atoms with Crippen LogP contribution < -0.4 is 4.72 Å². The molecule has 0 radical (unpaired) electrons. The minimum Gasteiger partial charge on any atom is -0.277 e. The van der Waals surface area contributed by atoms with E-state index >= 15 is 0 Å². The van der Waals surface area contributed by atoms with Gasteiger partial charge in [-0.1, -0.05) is 0 Å². The molecular weight excluding hydrogens is 349 g/mol. The van der Waals surface area contributed by atoms with E-state index in [2.05, 4.69) is 25.6 Å². The number of nitrogens with zero attached hydrogens (tertiary/aromatic N) is 2. The van der Waals surface area contributed by atoms with E-state index in [1.165, 1.54) is 30.5 Å². The van der Waals surface area contributed by atoms with Crippen molar-refractivity contribution in [2.75, 3.05) is 4.72 Å². The van der Waals surface area contributed by atoms with Crippen LogP contribution in [0.5, 0.6) is 0 Å². The predicted molar refractivity (Wildman–Crippen MR) is 73.9 cm³/mol. The molecule has 2 rings (SSSR count). The van der Waals surface area contributed by atoms with Crippen LogP contribution in [0.4, 0.5) is 10.1 Å². The number of halogens is 2. The number of anilines is 1. The fourth-order valence-corrected chi connectivity index (χ4v) is 3.13. The molecule has 0 atom stereocenters. The molecule has 1 aromatic carbocycles. The second-order valence-electron chi connectivity index (χ2n) is 3.70. The molecule has 1 aromatic heterocycles. The molecule has 0 fully saturated rings. The maximum Gasteiger partial charge on any atom is 0.282 e. The van der Waals surface area contributed by atoms with Gasteiger partial charge in [0, 0.05) is 10.7 Å². The maximum atomic E-state index is 13.5. The molecule has 0 aliphatic rings. The highest BCUT2D eigenvalue weighted by Gasteiger charge is 2.21. The van der Waals surface area contributed by atoms with Gasteiger partial charge in [-0.2, -0.15) is 13.7 Å². The predicted octanol–water partition coefficient (Wildman–Crippen LogP) is 2.66. The number of nitrogens with one attached hydrogen (secondary N) is 1. The summed E-state index contributed by atoms with van der Waals surface area (Å²) in [7, 11) is -4.14. The minimum atomic E-state index is -4.14. The standard InChI is InChI=1S/C12H7BrFN3O2S/c13-9-6-8(7-15)3-4-11(9)17-20(18,19)12-10(14)2-1-5-16-12/h1-6,17H. The first-order chi connectivity index (χ1) is 9.44. The van der Waals surface area contributed by atoms with Gasteiger partial charge in [0.15, 0.2) is 5.82 Å². The Balaban J connectivity index is 2.40. The molecule has 102 valence electrons. The van der Waals surface area contributed by atoms with Gasteiger partial charge in [0.1, 0.15) is 0 Å². The number of pyridine rings is 1. The van der Waals surface area contributed by atoms with Crippen molar-refractivity contribution < 1.29 is 12.8 Å². The SMILES string of the molecule is N#Cc1ccc(NS(=O)(=O)c2ncccc2F)c(Br)c1. The number of aromatic nitrogens is 1. The number of sulfonamides is 1. The first-order valence-electron chi connectivity index (χ1n) is 5.27. The van der Waals surface area contributed by atoms with Crippen LogP contribution in [-0.2, 0) is 10.0 Å². The molecule has 0 amide bonds. The number of nitriles is 1. The number of rotatable bonds is 3. The highest BCUT2D eigenvalue weighted by atomic mass is 79.9. The third-order valence-electron chi connectivity index (χ3n) is 2.32. The van der Waals surface area contributed by atoms with Crippen LogP contribution in [0.3, 0.4) is 0 Å². The Morgan fingerprint density at radius 3 is 2.70 bits per heavy atom. The van der Waals surface area contributed by atoms with Crippen LogP contribution in [-0.4, -0.2) is 13.4 Å². The molecule has 5 nitrogen and oxygen atoms in total. The summed E-state index contributed by atoms with van der Waals surface area (Å²) in [5.74, 6) is -0.940. The lowest BCUT2D eigenvalue weighted by Gasteiger charge is -2.09. The van der Waals surface area contributed by atoms with Crippen molar-refractivity contribution in [3.63, 3.8) is 0 Å². The summed E-state index contributed by atoms with van der Waals surface area (Å²) in [5.41, 5.74) is 0.554. The first-order valence-corrected chi connectivity index (χ1v) is 7.54. The second kappa shape index (κ2) is 5.56. The van der Waals surface area contributed by atoms with E-state index in [-0.39, 0.29) is 5.69 Å². The van der Waals surface area contributed by atoms with Gasteiger partial charge in [-0.25, -0.2) is 9.37 Å². The number of hydrogen-bond donors (Lipinski definition) is 1. The zero-order chi connectivity index (χ0) is 14.8. The summed E-state index contributed by atoms with van der Waals surface area (Å²) in [5, 5.41) is 8.05. The average Bonchev–Trinajstić information content (AvgIpc) is 2.41. The van der Waals surface area contributed by atoms with Crippen molar-refractivity contribution in [1.82, 2.24) is 4.98 Å². The van der Waals surface area contributed by atoms with Gasteiger partial charge in [-0.05, 0) is 46.3 Å². The molecule has 2 aromatic rings. The van der Waals surface area contributed by atoms with E-state index in [9.17, 15) is 12.8 Å². The minimum absolute atomic E-state index is 0.189. The highest BCUT2D eigenvalue weighted by Crippen LogP contribution is 2.26. The second-order valence-corrected chi connectivity index (χ2v) is 6.15. The Hall–Kier alpha value is -1.98. The topological polar surface area (TPSA) is 82.9 Å². The van der Waals surface area contributed by atoms with Gasteiger partial charge in [0.05, 0.1) is 17.3 Å². The smallest absolute Gasteiger partial charge is 0.277 e. The third kappa shape index (κ3) is 2.95. The third-order valence-corrected chi connectivity index (χ3v) is 4.28. The molecule has 0 saturated carbocycles. The largest absolute Gasteiger partial charge is 0.282 e. The van der Waals surface area contributed by atoms with E-state index in [0.717, 1.165) is 6.07 Å². The lowest BCUT2D eigenvalue weighted by atomic mass is 10.2. The zero-order valence-corrected chi connectivity index (χ0v) is 12.2. The summed E-state index contributed by atoms with van der Waals surface area (Å²) in [6.45, 7) is 0. The van der Waals surface area contributed by atoms with E-state index in [1.54, 1.807) is 0 Å². The summed E-state index contributed by atoms with van der Waals surface area (Å²) in [6.07, 6.45) is 1.19. The Labute approximate surface area is 123 Å². The molecule has 0 aliphatic carbocycles. The molecule has 0 bridgehead atoms. The maximum absolute atomic E-state index is 13.5. The molecule has 0 spiro atoms. The van der Waals surface area contributed by atoms with Crippen LogP contribution in [0.25, 0.3) is 0 Å². The summed E-state index contributed by atoms with van der Waals surface area (Å²) in [4.78, 5) is 3.52. The van der Waals surface area contributed by atoms with Gasteiger partial charge in [0.25, 0.3) is 10.0 Å². The van der Waals surface area contributed by atoms with Crippen LogP contribution in [0.15, 0.2) is 46.0 Å². The monoisotopic (exact) mass is 355 g/mol. The Bertz CT molecular complexity index is 803. The lowest BCUT2D eigenvalue weighted by Crippen LogP contribution is -2.16. The zero-order valence-electron chi connectivity index (χ0n) is 9.84. The Morgan fingerprint density at radius 1 is 1.35 bits per heavy atom. The van der Waals surface area contributed by atoms with Crippen molar-refractivity contribution in [2.24, 2.45) is 0 Å². The molecule has 20 heavy (non-hydrogen) atoms. The fraction of sp³-hybridized carbons (Fsp3) is 0. The van der Waals surface area contributed by atoms with Crippen molar-refractivity contribution in [3.05, 3.63) is 52.4 Å². The number of hydrogen-bond acceptors (Lipinski definition) is 4. The van der Waals surface area contributed by atoms with Crippen molar-refractivity contribution in [2.45, 2.75) is 5.03 Å². The summed E-state index contributed by atoms with van der Waals surface area (Å²) >= 11 is 3.14. The number of benzene rings is 1. The Morgan fingerprint density at radius 2 is 2.10 bits per heavy atom. The van der Waals surface area contributed by atoms with Crippen LogP contribution in [0.2, 0.25) is 0 Å². The summed E-state index contributed by atoms with van der Waals surface area (Å²) < 4.78 is 40.1. The van der Waals surface area contributed by atoms with Gasteiger partial charge in [-0.3, -0.25) is 4.72 Å². The van der Waals surface area contributed by atoms with Gasteiger partial charge in [0.2, 0.25) is 5.03 Å². The molecule has 1 N–H and O–H groups in total. The van der Waals surface area contributed by atoms with Crippen LogP contribution >= 0.6 is 15.9 Å². The highest BCUT2D eigenvalue weighted by molar-refractivity contribution is 9.10. The molecule has 0 unspecified atom stereocenters. The van der Waals surface area contributed by atoms with Gasteiger partial charge >= 0.3 is 0 Å². The van der Waals surface area contributed by atoms with E-state index < -0.39 is 20.9 Å². The first kappa shape index (κ1) is 14.4. The molecule has 0 aliphatic heterocycles. The summed E-state index contributed by atoms with van der Waals surface area (Å²) in [6, 6.07) is 8.52. The quantitative estimate of drug-likeness (QED) is 0.917. The van der Waals surface area contributed by atoms with Gasteiger partial charge < -0.3 is 0 Å². The molecule has 1 heterocycles. The molecular formula is C12H7BrFN3O2S.